The van der Waals surface area contributed by atoms with Gasteiger partial charge in [-0.15, -0.1) is 0 Å². The number of ether oxygens (including phenoxy) is 1. The van der Waals surface area contributed by atoms with Crippen LogP contribution in [0.3, 0.4) is 0 Å². The minimum atomic E-state index is -0.590. The Morgan fingerprint density at radius 1 is 0.973 bits per heavy atom. The van der Waals surface area contributed by atoms with Gasteiger partial charge in [0.1, 0.15) is 12.0 Å². The summed E-state index contributed by atoms with van der Waals surface area (Å²) in [6.07, 6.45) is 4.69. The average molecular weight is 500 g/mol. The van der Waals surface area contributed by atoms with Gasteiger partial charge in [-0.25, -0.2) is 4.79 Å². The van der Waals surface area contributed by atoms with Gasteiger partial charge in [0.05, 0.1) is 0 Å². The smallest absolute Gasteiger partial charge is 0.410 e. The molecule has 1 unspecified atom stereocenters. The largest absolute Gasteiger partial charge is 0.417 e. The van der Waals surface area contributed by atoms with E-state index in [4.69, 9.17) is 4.74 Å². The van der Waals surface area contributed by atoms with Gasteiger partial charge in [0.2, 0.25) is 0 Å². The lowest BCUT2D eigenvalue weighted by Gasteiger charge is -2.35. The molecule has 1 fully saturated rings. The number of rotatable bonds is 7. The third-order valence-corrected chi connectivity index (χ3v) is 7.05. The van der Waals surface area contributed by atoms with Crippen molar-refractivity contribution in [1.29, 1.82) is 0 Å². The number of carbonyl (C=O) groups excluding carboxylic acids is 3. The first kappa shape index (κ1) is 26.1. The van der Waals surface area contributed by atoms with E-state index in [0.29, 0.717) is 28.3 Å². The van der Waals surface area contributed by atoms with Crippen molar-refractivity contribution in [3.05, 3.63) is 89.5 Å². The van der Waals surface area contributed by atoms with Crippen LogP contribution in [0.2, 0.25) is 0 Å². The second kappa shape index (κ2) is 11.8. The van der Waals surface area contributed by atoms with Crippen LogP contribution < -0.4 is 15.4 Å². The van der Waals surface area contributed by atoms with Crippen LogP contribution >= 0.6 is 0 Å². The maximum absolute atomic E-state index is 12.6. The Hall–Kier alpha value is -3.97. The number of likely N-dealkylation sites (tertiary alicyclic amines) is 1. The van der Waals surface area contributed by atoms with Crippen molar-refractivity contribution in [2.24, 2.45) is 0 Å². The third kappa shape index (κ3) is 6.62. The number of hydrogen-bond acceptors (Lipinski definition) is 5. The van der Waals surface area contributed by atoms with Gasteiger partial charge in [0.15, 0.2) is 0 Å². The van der Waals surface area contributed by atoms with E-state index >= 15 is 0 Å². The number of likely N-dealkylation sites (N-methyl/N-ethyl adjacent to an activating group) is 1. The first-order chi connectivity index (χ1) is 17.9. The number of anilines is 2. The van der Waals surface area contributed by atoms with Gasteiger partial charge in [0.25, 0.3) is 5.91 Å². The second-order valence-corrected chi connectivity index (χ2v) is 9.64. The predicted molar refractivity (Wildman–Crippen MR) is 146 cm³/mol. The van der Waals surface area contributed by atoms with Gasteiger partial charge in [-0.1, -0.05) is 25.5 Å². The summed E-state index contributed by atoms with van der Waals surface area (Å²) in [5, 5.41) is 5.50. The summed E-state index contributed by atoms with van der Waals surface area (Å²) in [7, 11) is 2.17. The SMILES string of the molecule is CCC1(c2cccc(OC(=O)Nc3ccc(C(=O)Nc4ccc(C=O)cc4)cc3)c2)CCCCN(C)C1. The van der Waals surface area contributed by atoms with Crippen LogP contribution in [0.15, 0.2) is 72.8 Å². The quantitative estimate of drug-likeness (QED) is 0.382. The number of nitrogens with zero attached hydrogens (tertiary/aromatic N) is 1. The second-order valence-electron chi connectivity index (χ2n) is 9.64. The summed E-state index contributed by atoms with van der Waals surface area (Å²) in [4.78, 5) is 38.3. The van der Waals surface area contributed by atoms with Crippen molar-refractivity contribution in [3.8, 4) is 5.75 Å². The molecular weight excluding hydrogens is 466 g/mol. The molecule has 1 heterocycles. The molecule has 0 aliphatic carbocycles. The molecule has 4 rings (SSSR count). The van der Waals surface area contributed by atoms with E-state index in [2.05, 4.69) is 35.6 Å². The lowest BCUT2D eigenvalue weighted by Crippen LogP contribution is -2.37. The number of hydrogen-bond donors (Lipinski definition) is 2. The number of benzene rings is 3. The van der Waals surface area contributed by atoms with Crippen molar-refractivity contribution in [2.75, 3.05) is 30.8 Å². The highest BCUT2D eigenvalue weighted by Crippen LogP contribution is 2.37. The Kier molecular flexibility index (Phi) is 8.36. The number of carbonyl (C=O) groups is 3. The van der Waals surface area contributed by atoms with Crippen molar-refractivity contribution in [1.82, 2.24) is 4.90 Å². The first-order valence-electron chi connectivity index (χ1n) is 12.7. The maximum Gasteiger partial charge on any atom is 0.417 e. The summed E-state index contributed by atoms with van der Waals surface area (Å²) in [5.74, 6) is 0.213. The number of nitrogens with one attached hydrogen (secondary N) is 2. The van der Waals surface area contributed by atoms with Crippen molar-refractivity contribution in [2.45, 2.75) is 38.0 Å². The maximum atomic E-state index is 12.6. The molecule has 1 aliphatic rings. The molecule has 0 saturated carbocycles. The van der Waals surface area contributed by atoms with Gasteiger partial charge < -0.3 is 15.0 Å². The van der Waals surface area contributed by atoms with E-state index in [0.717, 1.165) is 32.2 Å². The Morgan fingerprint density at radius 2 is 1.68 bits per heavy atom. The van der Waals surface area contributed by atoms with E-state index in [1.807, 2.05) is 12.1 Å². The Morgan fingerprint density at radius 3 is 2.38 bits per heavy atom. The molecule has 7 heteroatoms. The molecule has 1 atom stereocenters. The Bertz CT molecular complexity index is 1240. The van der Waals surface area contributed by atoms with Crippen molar-refractivity contribution < 1.29 is 19.1 Å². The fraction of sp³-hybridized carbons (Fsp3) is 0.300. The molecule has 1 aliphatic heterocycles. The highest BCUT2D eigenvalue weighted by Gasteiger charge is 2.33. The van der Waals surface area contributed by atoms with Crippen LogP contribution in [0, 0.1) is 0 Å². The van der Waals surface area contributed by atoms with E-state index in [1.165, 1.54) is 18.4 Å². The summed E-state index contributed by atoms with van der Waals surface area (Å²) < 4.78 is 5.61. The van der Waals surface area contributed by atoms with Crippen LogP contribution in [0.1, 0.15) is 58.9 Å². The van der Waals surface area contributed by atoms with Gasteiger partial charge in [-0.3, -0.25) is 14.9 Å². The van der Waals surface area contributed by atoms with Crippen molar-refractivity contribution >= 4 is 29.7 Å². The zero-order chi connectivity index (χ0) is 26.3. The summed E-state index contributed by atoms with van der Waals surface area (Å²) in [6.45, 7) is 4.32. The molecule has 0 bridgehead atoms. The minimum absolute atomic E-state index is 0.0496. The molecule has 0 aromatic heterocycles. The topological polar surface area (TPSA) is 87.7 Å². The molecule has 0 radical (unpaired) electrons. The normalized spacial score (nSPS) is 17.9. The molecule has 3 aromatic rings. The molecule has 2 N–H and O–H groups in total. The van der Waals surface area contributed by atoms with E-state index in [-0.39, 0.29) is 11.3 Å². The first-order valence-corrected chi connectivity index (χ1v) is 12.7. The molecule has 1 saturated heterocycles. The summed E-state index contributed by atoms with van der Waals surface area (Å²) >= 11 is 0. The predicted octanol–water partition coefficient (Wildman–Crippen LogP) is 6.13. The van der Waals surface area contributed by atoms with Gasteiger partial charge in [0, 0.05) is 34.5 Å². The lowest BCUT2D eigenvalue weighted by molar-refractivity contribution is 0.102. The van der Waals surface area contributed by atoms with Gasteiger partial charge >= 0.3 is 6.09 Å². The van der Waals surface area contributed by atoms with Crippen LogP contribution in [-0.4, -0.2) is 43.3 Å². The van der Waals surface area contributed by atoms with E-state index < -0.39 is 6.09 Å². The van der Waals surface area contributed by atoms with E-state index in [1.54, 1.807) is 54.6 Å². The monoisotopic (exact) mass is 499 g/mol. The minimum Gasteiger partial charge on any atom is -0.410 e. The molecule has 0 spiro atoms. The molecular formula is C30H33N3O4. The molecule has 37 heavy (non-hydrogen) atoms. The van der Waals surface area contributed by atoms with E-state index in [9.17, 15) is 14.4 Å². The zero-order valence-corrected chi connectivity index (χ0v) is 21.3. The van der Waals surface area contributed by atoms with Crippen LogP contribution in [0.25, 0.3) is 0 Å². The van der Waals surface area contributed by atoms with Crippen LogP contribution in [0.4, 0.5) is 16.2 Å². The standard InChI is InChI=1S/C30H33N3O4/c1-3-30(17-4-5-18-33(2)21-30)24-7-6-8-27(19-24)37-29(36)32-26-15-11-23(12-16-26)28(35)31-25-13-9-22(20-34)10-14-25/h6-16,19-20H,3-5,17-18,21H2,1-2H3,(H,31,35)(H,32,36). The van der Waals surface area contributed by atoms with Crippen LogP contribution in [0.5, 0.6) is 5.75 Å². The lowest BCUT2D eigenvalue weighted by atomic mass is 9.74. The fourth-order valence-electron chi connectivity index (χ4n) is 4.94. The zero-order valence-electron chi connectivity index (χ0n) is 21.3. The van der Waals surface area contributed by atoms with Crippen LogP contribution in [-0.2, 0) is 5.41 Å². The highest BCUT2D eigenvalue weighted by molar-refractivity contribution is 6.04. The third-order valence-electron chi connectivity index (χ3n) is 7.05. The number of amides is 2. The molecule has 2 amide bonds. The summed E-state index contributed by atoms with van der Waals surface area (Å²) in [6, 6.07) is 21.0. The number of aldehydes is 1. The fourth-order valence-corrected chi connectivity index (χ4v) is 4.94. The Balaban J connectivity index is 1.37. The molecule has 3 aromatic carbocycles. The van der Waals surface area contributed by atoms with Crippen molar-refractivity contribution in [3.63, 3.8) is 0 Å². The molecule has 7 nitrogen and oxygen atoms in total. The van der Waals surface area contributed by atoms with Gasteiger partial charge in [-0.05, 0) is 99.1 Å². The average Bonchev–Trinajstić information content (AvgIpc) is 3.11. The Labute approximate surface area is 217 Å². The van der Waals surface area contributed by atoms with Gasteiger partial charge in [-0.2, -0.15) is 0 Å². The molecule has 192 valence electrons. The summed E-state index contributed by atoms with van der Waals surface area (Å²) in [5.41, 5.74) is 3.32. The highest BCUT2D eigenvalue weighted by atomic mass is 16.6.